The van der Waals surface area contributed by atoms with Gasteiger partial charge < -0.3 is 10.2 Å². The van der Waals surface area contributed by atoms with Crippen LogP contribution >= 0.6 is 22.9 Å². The van der Waals surface area contributed by atoms with E-state index in [2.05, 4.69) is 35.3 Å². The number of halogens is 1. The molecule has 2 atom stereocenters. The zero-order valence-corrected chi connectivity index (χ0v) is 12.2. The Morgan fingerprint density at radius 1 is 1.41 bits per heavy atom. The van der Waals surface area contributed by atoms with Gasteiger partial charge in [-0.15, -0.1) is 11.3 Å². The minimum absolute atomic E-state index is 0.361. The van der Waals surface area contributed by atoms with Gasteiger partial charge in [0.1, 0.15) is 0 Å². The number of nitrogens with one attached hydrogen (secondary N) is 1. The van der Waals surface area contributed by atoms with Crippen LogP contribution in [0.4, 0.5) is 0 Å². The number of rotatable bonds is 3. The first-order valence-corrected chi connectivity index (χ1v) is 7.12. The molecule has 1 aliphatic rings. The van der Waals surface area contributed by atoms with Gasteiger partial charge in [-0.1, -0.05) is 11.6 Å². The lowest BCUT2D eigenvalue weighted by Gasteiger charge is -2.41. The van der Waals surface area contributed by atoms with Gasteiger partial charge in [-0.05, 0) is 33.3 Å². The van der Waals surface area contributed by atoms with Crippen LogP contribution in [-0.4, -0.2) is 56.6 Å². The summed E-state index contributed by atoms with van der Waals surface area (Å²) >= 11 is 7.71. The molecule has 1 fully saturated rings. The monoisotopic (exact) mass is 273 g/mol. The highest BCUT2D eigenvalue weighted by molar-refractivity contribution is 7.16. The van der Waals surface area contributed by atoms with Gasteiger partial charge >= 0.3 is 0 Å². The molecule has 0 aromatic carbocycles. The Kier molecular flexibility index (Phi) is 4.44. The van der Waals surface area contributed by atoms with E-state index < -0.39 is 0 Å². The molecule has 0 spiro atoms. The molecule has 2 heterocycles. The number of thiophene rings is 1. The van der Waals surface area contributed by atoms with Crippen LogP contribution in [0.15, 0.2) is 12.1 Å². The summed E-state index contributed by atoms with van der Waals surface area (Å²) in [5, 5.41) is 3.44. The lowest BCUT2D eigenvalue weighted by atomic mass is 10.0. The van der Waals surface area contributed by atoms with E-state index >= 15 is 0 Å². The maximum Gasteiger partial charge on any atom is 0.0931 e. The van der Waals surface area contributed by atoms with E-state index in [1.54, 1.807) is 11.3 Å². The number of likely N-dealkylation sites (N-methyl/N-ethyl adjacent to an activating group) is 3. The van der Waals surface area contributed by atoms with E-state index in [1.165, 1.54) is 4.88 Å². The molecule has 0 radical (unpaired) electrons. The van der Waals surface area contributed by atoms with E-state index in [1.807, 2.05) is 13.1 Å². The van der Waals surface area contributed by atoms with Crippen molar-refractivity contribution in [2.75, 3.05) is 40.8 Å². The molecule has 2 rings (SSSR count). The molecule has 1 aliphatic heterocycles. The van der Waals surface area contributed by atoms with Gasteiger partial charge in [0.2, 0.25) is 0 Å². The van der Waals surface area contributed by atoms with E-state index in [-0.39, 0.29) is 0 Å². The van der Waals surface area contributed by atoms with Crippen LogP contribution in [0.3, 0.4) is 0 Å². The first-order chi connectivity index (χ1) is 8.11. The lowest BCUT2D eigenvalue weighted by molar-refractivity contribution is 0.0906. The van der Waals surface area contributed by atoms with Crippen molar-refractivity contribution in [3.05, 3.63) is 21.3 Å². The normalized spacial score (nSPS) is 25.1. The van der Waals surface area contributed by atoms with Crippen molar-refractivity contribution in [1.29, 1.82) is 0 Å². The number of nitrogens with zero attached hydrogens (tertiary/aromatic N) is 2. The SMILES string of the molecule is CNC(c1ccc(Cl)s1)C1CN(C)CCN1C. The van der Waals surface area contributed by atoms with Crippen LogP contribution in [0, 0.1) is 0 Å². The summed E-state index contributed by atoms with van der Waals surface area (Å²) in [5.74, 6) is 0. The predicted molar refractivity (Wildman–Crippen MR) is 75.0 cm³/mol. The van der Waals surface area contributed by atoms with E-state index in [0.29, 0.717) is 12.1 Å². The smallest absolute Gasteiger partial charge is 0.0931 e. The van der Waals surface area contributed by atoms with Gasteiger partial charge in [0.25, 0.3) is 0 Å². The number of hydrogen-bond donors (Lipinski definition) is 1. The largest absolute Gasteiger partial charge is 0.311 e. The van der Waals surface area contributed by atoms with Crippen molar-refractivity contribution in [3.8, 4) is 0 Å². The zero-order chi connectivity index (χ0) is 12.4. The van der Waals surface area contributed by atoms with Crippen molar-refractivity contribution in [1.82, 2.24) is 15.1 Å². The van der Waals surface area contributed by atoms with Gasteiger partial charge in [-0.25, -0.2) is 0 Å². The summed E-state index contributed by atoms with van der Waals surface area (Å²) in [4.78, 5) is 6.16. The molecule has 3 nitrogen and oxygen atoms in total. The second-order valence-electron chi connectivity index (χ2n) is 4.72. The van der Waals surface area contributed by atoms with Crippen molar-refractivity contribution >= 4 is 22.9 Å². The average molecular weight is 274 g/mol. The first-order valence-electron chi connectivity index (χ1n) is 5.93. The number of piperazine rings is 1. The topological polar surface area (TPSA) is 18.5 Å². The van der Waals surface area contributed by atoms with Crippen LogP contribution in [-0.2, 0) is 0 Å². The Bertz CT molecular complexity index is 368. The summed E-state index contributed by atoms with van der Waals surface area (Å²) < 4.78 is 0.868. The minimum atomic E-state index is 0.361. The molecule has 0 saturated carbocycles. The minimum Gasteiger partial charge on any atom is -0.311 e. The molecule has 1 aromatic heterocycles. The Labute approximate surface area is 112 Å². The van der Waals surface area contributed by atoms with Crippen LogP contribution in [0.5, 0.6) is 0 Å². The van der Waals surface area contributed by atoms with Gasteiger partial charge in [-0.2, -0.15) is 0 Å². The molecule has 17 heavy (non-hydrogen) atoms. The summed E-state index contributed by atoms with van der Waals surface area (Å²) in [6, 6.07) is 4.99. The molecule has 5 heteroatoms. The second-order valence-corrected chi connectivity index (χ2v) is 6.47. The van der Waals surface area contributed by atoms with Gasteiger partial charge in [0.05, 0.1) is 10.4 Å². The van der Waals surface area contributed by atoms with E-state index in [4.69, 9.17) is 11.6 Å². The summed E-state index contributed by atoms with van der Waals surface area (Å²) in [7, 11) is 6.42. The highest BCUT2D eigenvalue weighted by Gasteiger charge is 2.30. The predicted octanol–water partition coefficient (Wildman–Crippen LogP) is 1.91. The standard InChI is InChI=1S/C12H20ClN3S/c1-14-12(10-4-5-11(13)17-10)9-8-15(2)6-7-16(9)3/h4-5,9,12,14H,6-8H2,1-3H3. The van der Waals surface area contributed by atoms with Crippen LogP contribution in [0.25, 0.3) is 0 Å². The molecule has 1 N–H and O–H groups in total. The molecule has 2 unspecified atom stereocenters. The van der Waals surface area contributed by atoms with Crippen molar-refractivity contribution in [3.63, 3.8) is 0 Å². The molecular weight excluding hydrogens is 254 g/mol. The van der Waals surface area contributed by atoms with Crippen molar-refractivity contribution in [2.45, 2.75) is 12.1 Å². The number of hydrogen-bond acceptors (Lipinski definition) is 4. The van der Waals surface area contributed by atoms with E-state index in [0.717, 1.165) is 24.0 Å². The molecule has 0 bridgehead atoms. The molecule has 0 amide bonds. The highest BCUT2D eigenvalue weighted by atomic mass is 35.5. The quantitative estimate of drug-likeness (QED) is 0.908. The summed E-state index contributed by atoms with van der Waals surface area (Å²) in [6.07, 6.45) is 0. The molecular formula is C12H20ClN3S. The molecule has 1 aromatic rings. The van der Waals surface area contributed by atoms with Crippen LogP contribution in [0.2, 0.25) is 4.34 Å². The maximum atomic E-state index is 6.03. The maximum absolute atomic E-state index is 6.03. The Morgan fingerprint density at radius 3 is 2.76 bits per heavy atom. The van der Waals surface area contributed by atoms with Gasteiger partial charge in [0.15, 0.2) is 0 Å². The average Bonchev–Trinajstić information content (AvgIpc) is 2.71. The second kappa shape index (κ2) is 5.67. The first kappa shape index (κ1) is 13.3. The van der Waals surface area contributed by atoms with Gasteiger partial charge in [0, 0.05) is 30.6 Å². The Balaban J connectivity index is 2.16. The third kappa shape index (κ3) is 3.01. The third-order valence-electron chi connectivity index (χ3n) is 3.50. The van der Waals surface area contributed by atoms with Gasteiger partial charge in [-0.3, -0.25) is 4.90 Å². The molecule has 96 valence electrons. The van der Waals surface area contributed by atoms with Crippen molar-refractivity contribution in [2.24, 2.45) is 0 Å². The summed E-state index contributed by atoms with van der Waals surface area (Å²) in [6.45, 7) is 3.37. The zero-order valence-electron chi connectivity index (χ0n) is 10.6. The molecule has 0 aliphatic carbocycles. The molecule has 1 saturated heterocycles. The fraction of sp³-hybridized carbons (Fsp3) is 0.667. The fourth-order valence-electron chi connectivity index (χ4n) is 2.42. The fourth-order valence-corrected chi connectivity index (χ4v) is 3.65. The van der Waals surface area contributed by atoms with Crippen LogP contribution < -0.4 is 5.32 Å². The third-order valence-corrected chi connectivity index (χ3v) is 4.81. The Hall–Kier alpha value is -0.130. The van der Waals surface area contributed by atoms with E-state index in [9.17, 15) is 0 Å². The highest BCUT2D eigenvalue weighted by Crippen LogP contribution is 2.31. The van der Waals surface area contributed by atoms with Crippen molar-refractivity contribution < 1.29 is 0 Å². The summed E-state index contributed by atoms with van der Waals surface area (Å²) in [5.41, 5.74) is 0. The lowest BCUT2D eigenvalue weighted by Crippen LogP contribution is -2.54. The Morgan fingerprint density at radius 2 is 2.18 bits per heavy atom. The van der Waals surface area contributed by atoms with Crippen LogP contribution in [0.1, 0.15) is 10.9 Å².